The molecule has 0 radical (unpaired) electrons. The second-order valence-corrected chi connectivity index (χ2v) is 5.17. The Morgan fingerprint density at radius 1 is 1.38 bits per heavy atom. The van der Waals surface area contributed by atoms with E-state index >= 15 is 0 Å². The van der Waals surface area contributed by atoms with Crippen LogP contribution < -0.4 is 10.9 Å². The molecule has 0 aliphatic rings. The topological polar surface area (TPSA) is 101 Å². The number of hydrogen-bond donors (Lipinski definition) is 2. The number of carboxylic acids is 1. The molecule has 1 aromatic heterocycles. The number of aliphatic carboxylic acids is 1. The van der Waals surface area contributed by atoms with Crippen molar-refractivity contribution in [1.29, 1.82) is 0 Å². The van der Waals surface area contributed by atoms with Gasteiger partial charge in [-0.3, -0.25) is 9.59 Å². The SMILES string of the molecule is CCCCn1nc(C(=O)NC(C(=O)O)C(C)C)ccc1=O. The first kappa shape index (κ1) is 16.9. The minimum absolute atomic E-state index is 0.0394. The Labute approximate surface area is 123 Å². The van der Waals surface area contributed by atoms with Gasteiger partial charge in [0, 0.05) is 12.6 Å². The van der Waals surface area contributed by atoms with Gasteiger partial charge < -0.3 is 10.4 Å². The lowest BCUT2D eigenvalue weighted by atomic mass is 10.0. The number of carbonyl (C=O) groups excluding carboxylic acids is 1. The van der Waals surface area contributed by atoms with Gasteiger partial charge >= 0.3 is 5.97 Å². The highest BCUT2D eigenvalue weighted by Crippen LogP contribution is 2.03. The monoisotopic (exact) mass is 295 g/mol. The molecule has 0 spiro atoms. The van der Waals surface area contributed by atoms with Crippen LogP contribution in [-0.2, 0) is 11.3 Å². The lowest BCUT2D eigenvalue weighted by Crippen LogP contribution is -2.45. The van der Waals surface area contributed by atoms with Gasteiger partial charge in [-0.15, -0.1) is 0 Å². The predicted molar refractivity (Wildman–Crippen MR) is 77.1 cm³/mol. The van der Waals surface area contributed by atoms with E-state index < -0.39 is 17.9 Å². The standard InChI is InChI=1S/C14H21N3O4/c1-4-5-8-17-11(18)7-6-10(16-17)13(19)15-12(9(2)3)14(20)21/h6-7,9,12H,4-5,8H2,1-3H3,(H,15,19)(H,20,21). The Kier molecular flexibility index (Phi) is 6.08. The molecule has 0 saturated carbocycles. The molecule has 0 aromatic carbocycles. The number of carbonyl (C=O) groups is 2. The Balaban J connectivity index is 2.92. The molecule has 116 valence electrons. The molecule has 2 N–H and O–H groups in total. The Hall–Kier alpha value is -2.18. The maximum Gasteiger partial charge on any atom is 0.326 e. The van der Waals surface area contributed by atoms with Crippen molar-refractivity contribution in [1.82, 2.24) is 15.1 Å². The molecular weight excluding hydrogens is 274 g/mol. The summed E-state index contributed by atoms with van der Waals surface area (Å²) in [5.74, 6) is -1.95. The van der Waals surface area contributed by atoms with Gasteiger partial charge in [0.25, 0.3) is 11.5 Å². The first-order valence-electron chi connectivity index (χ1n) is 6.98. The van der Waals surface area contributed by atoms with Crippen molar-refractivity contribution in [2.45, 2.75) is 46.2 Å². The lowest BCUT2D eigenvalue weighted by Gasteiger charge is -2.17. The van der Waals surface area contributed by atoms with Crippen LogP contribution in [0.4, 0.5) is 0 Å². The van der Waals surface area contributed by atoms with Crippen LogP contribution in [0.25, 0.3) is 0 Å². The molecule has 0 fully saturated rings. The van der Waals surface area contributed by atoms with Crippen LogP contribution >= 0.6 is 0 Å². The van der Waals surface area contributed by atoms with Gasteiger partial charge in [-0.1, -0.05) is 27.2 Å². The third-order valence-electron chi connectivity index (χ3n) is 3.04. The third-order valence-corrected chi connectivity index (χ3v) is 3.04. The summed E-state index contributed by atoms with van der Waals surface area (Å²) in [5, 5.41) is 15.5. The van der Waals surface area contributed by atoms with Gasteiger partial charge in [0.1, 0.15) is 11.7 Å². The molecule has 1 rings (SSSR count). The number of unbranched alkanes of at least 4 members (excludes halogenated alkanes) is 1. The summed E-state index contributed by atoms with van der Waals surface area (Å²) in [6, 6.07) is 1.58. The minimum Gasteiger partial charge on any atom is -0.480 e. The third kappa shape index (κ3) is 4.70. The van der Waals surface area contributed by atoms with E-state index in [2.05, 4.69) is 10.4 Å². The quantitative estimate of drug-likeness (QED) is 0.777. The van der Waals surface area contributed by atoms with E-state index in [1.807, 2.05) is 6.92 Å². The van der Waals surface area contributed by atoms with Crippen molar-refractivity contribution in [3.05, 3.63) is 28.2 Å². The van der Waals surface area contributed by atoms with Crippen LogP contribution in [0.5, 0.6) is 0 Å². The second-order valence-electron chi connectivity index (χ2n) is 5.17. The number of aromatic nitrogens is 2. The summed E-state index contributed by atoms with van der Waals surface area (Å²) < 4.78 is 1.23. The molecule has 0 aliphatic carbocycles. The van der Waals surface area contributed by atoms with Gasteiger partial charge in [-0.2, -0.15) is 5.10 Å². The largest absolute Gasteiger partial charge is 0.480 e. The Morgan fingerprint density at radius 2 is 2.05 bits per heavy atom. The molecule has 1 aromatic rings. The fourth-order valence-corrected chi connectivity index (χ4v) is 1.77. The Morgan fingerprint density at radius 3 is 2.57 bits per heavy atom. The highest BCUT2D eigenvalue weighted by atomic mass is 16.4. The van der Waals surface area contributed by atoms with E-state index in [1.165, 1.54) is 16.8 Å². The van der Waals surface area contributed by atoms with E-state index in [1.54, 1.807) is 13.8 Å². The smallest absolute Gasteiger partial charge is 0.326 e. The number of nitrogens with zero attached hydrogens (tertiary/aromatic N) is 2. The van der Waals surface area contributed by atoms with Gasteiger partial charge in [0.15, 0.2) is 0 Å². The van der Waals surface area contributed by atoms with Gasteiger partial charge in [0.05, 0.1) is 0 Å². The molecular formula is C14H21N3O4. The average Bonchev–Trinajstić information content (AvgIpc) is 2.42. The lowest BCUT2D eigenvalue weighted by molar-refractivity contribution is -0.140. The molecule has 7 heteroatoms. The first-order chi connectivity index (χ1) is 9.86. The summed E-state index contributed by atoms with van der Waals surface area (Å²) in [4.78, 5) is 34.7. The summed E-state index contributed by atoms with van der Waals surface area (Å²) >= 11 is 0. The number of hydrogen-bond acceptors (Lipinski definition) is 4. The van der Waals surface area contributed by atoms with Crippen LogP contribution in [-0.4, -0.2) is 32.8 Å². The fraction of sp³-hybridized carbons (Fsp3) is 0.571. The maximum atomic E-state index is 12.0. The number of nitrogens with one attached hydrogen (secondary N) is 1. The molecule has 1 unspecified atom stereocenters. The zero-order valence-electron chi connectivity index (χ0n) is 12.5. The van der Waals surface area contributed by atoms with Crippen LogP contribution in [0.1, 0.15) is 44.1 Å². The van der Waals surface area contributed by atoms with Crippen molar-refractivity contribution in [3.63, 3.8) is 0 Å². The fourth-order valence-electron chi connectivity index (χ4n) is 1.77. The molecule has 21 heavy (non-hydrogen) atoms. The van der Waals surface area contributed by atoms with Crippen LogP contribution in [0.2, 0.25) is 0 Å². The van der Waals surface area contributed by atoms with Crippen LogP contribution in [0.3, 0.4) is 0 Å². The predicted octanol–water partition coefficient (Wildman–Crippen LogP) is 0.882. The highest BCUT2D eigenvalue weighted by Gasteiger charge is 2.24. The van der Waals surface area contributed by atoms with Gasteiger partial charge in [-0.25, -0.2) is 9.48 Å². The highest BCUT2D eigenvalue weighted by molar-refractivity contribution is 5.94. The first-order valence-corrected chi connectivity index (χ1v) is 6.98. The number of amides is 1. The van der Waals surface area contributed by atoms with E-state index in [0.29, 0.717) is 6.54 Å². The van der Waals surface area contributed by atoms with Gasteiger partial charge in [0.2, 0.25) is 0 Å². The summed E-state index contributed by atoms with van der Waals surface area (Å²) in [7, 11) is 0. The maximum absolute atomic E-state index is 12.0. The van der Waals surface area contributed by atoms with Gasteiger partial charge in [-0.05, 0) is 18.4 Å². The van der Waals surface area contributed by atoms with Crippen molar-refractivity contribution >= 4 is 11.9 Å². The molecule has 0 saturated heterocycles. The molecule has 1 heterocycles. The zero-order chi connectivity index (χ0) is 16.0. The molecule has 0 bridgehead atoms. The van der Waals surface area contributed by atoms with E-state index in [9.17, 15) is 14.4 Å². The molecule has 1 atom stereocenters. The van der Waals surface area contributed by atoms with Crippen molar-refractivity contribution in [2.75, 3.05) is 0 Å². The molecule has 0 aliphatic heterocycles. The summed E-state index contributed by atoms with van der Waals surface area (Å²) in [6.07, 6.45) is 1.68. The minimum atomic E-state index is -1.10. The summed E-state index contributed by atoms with van der Waals surface area (Å²) in [6.45, 7) is 5.83. The zero-order valence-corrected chi connectivity index (χ0v) is 12.5. The Bertz CT molecular complexity index is 566. The van der Waals surface area contributed by atoms with E-state index in [-0.39, 0.29) is 17.2 Å². The molecule has 1 amide bonds. The summed E-state index contributed by atoms with van der Waals surface area (Å²) in [5.41, 5.74) is -0.240. The molecule has 7 nitrogen and oxygen atoms in total. The number of carboxylic acid groups (broad SMARTS) is 1. The van der Waals surface area contributed by atoms with E-state index in [4.69, 9.17) is 5.11 Å². The number of aryl methyl sites for hydroxylation is 1. The normalized spacial score (nSPS) is 12.2. The number of rotatable bonds is 7. The van der Waals surface area contributed by atoms with Crippen LogP contribution in [0.15, 0.2) is 16.9 Å². The van der Waals surface area contributed by atoms with E-state index in [0.717, 1.165) is 12.8 Å². The average molecular weight is 295 g/mol. The van der Waals surface area contributed by atoms with Crippen LogP contribution in [0, 0.1) is 5.92 Å². The van der Waals surface area contributed by atoms with Crippen molar-refractivity contribution in [3.8, 4) is 0 Å². The van der Waals surface area contributed by atoms with Crippen molar-refractivity contribution in [2.24, 2.45) is 5.92 Å². The second kappa shape index (κ2) is 7.56. The van der Waals surface area contributed by atoms with Crippen molar-refractivity contribution < 1.29 is 14.7 Å².